The smallest absolute Gasteiger partial charge is 0.333 e. The summed E-state index contributed by atoms with van der Waals surface area (Å²) < 4.78 is 17.3. The van der Waals surface area contributed by atoms with Crippen LogP contribution in [0.4, 0.5) is 0 Å². The van der Waals surface area contributed by atoms with Crippen molar-refractivity contribution >= 4 is 5.97 Å². The van der Waals surface area contributed by atoms with Gasteiger partial charge in [0.2, 0.25) is 0 Å². The number of rotatable bonds is 25. The van der Waals surface area contributed by atoms with E-state index < -0.39 is 11.4 Å². The predicted octanol–water partition coefficient (Wildman–Crippen LogP) is 8.77. The van der Waals surface area contributed by atoms with Gasteiger partial charge in [0.05, 0.1) is 31.8 Å². The number of aryl methyl sites for hydroxylation is 3. The van der Waals surface area contributed by atoms with Gasteiger partial charge in [0.25, 0.3) is 0 Å². The van der Waals surface area contributed by atoms with Crippen LogP contribution in [0, 0.1) is 11.3 Å². The maximum atomic E-state index is 11.7. The Bertz CT molecular complexity index is 1610. The second-order valence-corrected chi connectivity index (χ2v) is 15.9. The molecule has 0 spiro atoms. The maximum absolute atomic E-state index is 11.7. The summed E-state index contributed by atoms with van der Waals surface area (Å²) in [5.41, 5.74) is 8.29. The fourth-order valence-electron chi connectivity index (χ4n) is 7.87. The van der Waals surface area contributed by atoms with Crippen molar-refractivity contribution in [3.63, 3.8) is 0 Å². The molecular formula is C48H68O8. The fraction of sp³-hybridized carbons (Fsp3) is 0.562. The summed E-state index contributed by atoms with van der Waals surface area (Å²) in [5.74, 6) is 1.70. The lowest BCUT2D eigenvalue weighted by Gasteiger charge is -2.30. The van der Waals surface area contributed by atoms with Gasteiger partial charge in [-0.3, -0.25) is 0 Å². The zero-order valence-electron chi connectivity index (χ0n) is 34.3. The van der Waals surface area contributed by atoms with Crippen molar-refractivity contribution in [2.45, 2.75) is 110 Å². The van der Waals surface area contributed by atoms with Crippen molar-refractivity contribution in [2.24, 2.45) is 11.3 Å². The third-order valence-electron chi connectivity index (χ3n) is 11.4. The van der Waals surface area contributed by atoms with Gasteiger partial charge in [-0.05, 0) is 133 Å². The van der Waals surface area contributed by atoms with Gasteiger partial charge in [-0.1, -0.05) is 88.6 Å². The number of ether oxygens (including phenoxy) is 3. The van der Waals surface area contributed by atoms with E-state index in [4.69, 9.17) is 14.2 Å². The average Bonchev–Trinajstić information content (AvgIpc) is 3.23. The molecule has 0 heterocycles. The highest BCUT2D eigenvalue weighted by Crippen LogP contribution is 2.40. The van der Waals surface area contributed by atoms with Crippen LogP contribution < -0.4 is 4.74 Å². The van der Waals surface area contributed by atoms with E-state index in [1.54, 1.807) is 6.92 Å². The Labute approximate surface area is 335 Å². The Morgan fingerprint density at radius 3 is 1.95 bits per heavy atom. The van der Waals surface area contributed by atoms with E-state index in [9.17, 15) is 25.2 Å². The maximum Gasteiger partial charge on any atom is 0.333 e. The van der Waals surface area contributed by atoms with Crippen LogP contribution in [0.25, 0.3) is 22.3 Å². The zero-order chi connectivity index (χ0) is 40.3. The SMILES string of the molecule is C=C(C)C(=O)OCCOCC(CO)(CO)COc1c(CCCO)cc(-c2ccc(-c3ccc(C4CCC(CCCCC)CC4)cc3)cc2CC)cc1CCCO. The first-order valence-electron chi connectivity index (χ1n) is 21.1. The van der Waals surface area contributed by atoms with Gasteiger partial charge in [0, 0.05) is 18.8 Å². The summed E-state index contributed by atoms with van der Waals surface area (Å²) in [4.78, 5) is 11.7. The van der Waals surface area contributed by atoms with Gasteiger partial charge in [-0.25, -0.2) is 4.79 Å². The van der Waals surface area contributed by atoms with Gasteiger partial charge in [0.1, 0.15) is 19.0 Å². The van der Waals surface area contributed by atoms with E-state index in [2.05, 4.69) is 75.0 Å². The molecule has 3 aromatic carbocycles. The Kier molecular flexibility index (Phi) is 19.1. The van der Waals surface area contributed by atoms with Crippen molar-refractivity contribution in [1.82, 2.24) is 0 Å². The molecule has 0 bridgehead atoms. The normalized spacial score (nSPS) is 15.8. The van der Waals surface area contributed by atoms with Crippen molar-refractivity contribution in [3.8, 4) is 28.0 Å². The minimum absolute atomic E-state index is 0.0181. The third-order valence-corrected chi connectivity index (χ3v) is 11.4. The molecule has 308 valence electrons. The first kappa shape index (κ1) is 45.2. The topological polar surface area (TPSA) is 126 Å². The molecule has 0 unspecified atom stereocenters. The third kappa shape index (κ3) is 13.0. The molecule has 0 atom stereocenters. The summed E-state index contributed by atoms with van der Waals surface area (Å²) in [6, 6.07) is 20.2. The number of esters is 1. The highest BCUT2D eigenvalue weighted by atomic mass is 16.6. The molecule has 0 amide bonds. The van der Waals surface area contributed by atoms with Crippen LogP contribution in [-0.2, 0) is 33.5 Å². The van der Waals surface area contributed by atoms with Gasteiger partial charge < -0.3 is 34.6 Å². The first-order chi connectivity index (χ1) is 27.2. The molecular weight excluding hydrogens is 705 g/mol. The molecule has 0 saturated heterocycles. The molecule has 8 nitrogen and oxygen atoms in total. The highest BCUT2D eigenvalue weighted by molar-refractivity contribution is 5.86. The van der Waals surface area contributed by atoms with Crippen molar-refractivity contribution in [3.05, 3.63) is 89.0 Å². The van der Waals surface area contributed by atoms with E-state index in [1.807, 2.05) is 0 Å². The van der Waals surface area contributed by atoms with E-state index in [0.717, 1.165) is 34.6 Å². The second kappa shape index (κ2) is 23.6. The molecule has 4 N–H and O–H groups in total. The molecule has 8 heteroatoms. The molecule has 0 aromatic heterocycles. The average molecular weight is 773 g/mol. The number of hydrogen-bond acceptors (Lipinski definition) is 8. The largest absolute Gasteiger partial charge is 0.492 e. The molecule has 1 saturated carbocycles. The number of benzene rings is 3. The lowest BCUT2D eigenvalue weighted by Crippen LogP contribution is -2.41. The summed E-state index contributed by atoms with van der Waals surface area (Å²) in [5, 5.41) is 40.4. The monoisotopic (exact) mass is 772 g/mol. The predicted molar refractivity (Wildman–Crippen MR) is 225 cm³/mol. The number of hydrogen-bond donors (Lipinski definition) is 4. The molecule has 56 heavy (non-hydrogen) atoms. The number of carbonyl (C=O) groups is 1. The van der Waals surface area contributed by atoms with Crippen LogP contribution in [-0.4, -0.2) is 79.3 Å². The van der Waals surface area contributed by atoms with Crippen LogP contribution in [0.15, 0.2) is 66.7 Å². The Balaban J connectivity index is 1.54. The van der Waals surface area contributed by atoms with Gasteiger partial charge in [-0.15, -0.1) is 0 Å². The molecule has 4 rings (SSSR count). The van der Waals surface area contributed by atoms with Crippen LogP contribution in [0.2, 0.25) is 0 Å². The van der Waals surface area contributed by atoms with Gasteiger partial charge in [0.15, 0.2) is 0 Å². The van der Waals surface area contributed by atoms with Crippen molar-refractivity contribution in [2.75, 3.05) is 52.9 Å². The summed E-state index contributed by atoms with van der Waals surface area (Å²) in [6.07, 6.45) is 13.8. The standard InChI is InChI=1S/C48H68O8/c1-5-7-8-11-36-14-16-38(17-15-36)39-18-20-40(21-19-39)41-22-23-45(37(6-2)28-41)44-29-42(12-9-24-49)46(43(30-44)13-10-25-50)56-34-48(31-51,32-52)33-54-26-27-55-47(53)35(3)4/h18-23,28-30,36,38,49-52H,3,5-17,24-27,31-34H2,1-2,4H3. The van der Waals surface area contributed by atoms with Crippen LogP contribution in [0.5, 0.6) is 5.75 Å². The van der Waals surface area contributed by atoms with Crippen molar-refractivity contribution < 1.29 is 39.4 Å². The zero-order valence-corrected chi connectivity index (χ0v) is 34.3. The van der Waals surface area contributed by atoms with Crippen LogP contribution in [0.3, 0.4) is 0 Å². The highest BCUT2D eigenvalue weighted by Gasteiger charge is 2.32. The van der Waals surface area contributed by atoms with E-state index in [-0.39, 0.29) is 52.9 Å². The van der Waals surface area contributed by atoms with E-state index in [0.29, 0.717) is 42.9 Å². The summed E-state index contributed by atoms with van der Waals surface area (Å²) in [7, 11) is 0. The summed E-state index contributed by atoms with van der Waals surface area (Å²) >= 11 is 0. The Morgan fingerprint density at radius 1 is 0.750 bits per heavy atom. The summed E-state index contributed by atoms with van der Waals surface area (Å²) in [6.45, 7) is 8.91. The quantitative estimate of drug-likeness (QED) is 0.0383. The number of carbonyl (C=O) groups excluding carboxylic acids is 1. The van der Waals surface area contributed by atoms with E-state index in [1.165, 1.54) is 73.6 Å². The van der Waals surface area contributed by atoms with Crippen molar-refractivity contribution in [1.29, 1.82) is 0 Å². The molecule has 0 aliphatic heterocycles. The number of aliphatic hydroxyl groups excluding tert-OH is 4. The first-order valence-corrected chi connectivity index (χ1v) is 21.1. The Hall–Kier alpha value is -3.53. The second-order valence-electron chi connectivity index (χ2n) is 15.9. The number of aliphatic hydroxyl groups is 4. The number of unbranched alkanes of at least 4 members (excludes halogenated alkanes) is 2. The van der Waals surface area contributed by atoms with Gasteiger partial charge >= 0.3 is 5.97 Å². The minimum Gasteiger partial charge on any atom is -0.492 e. The van der Waals surface area contributed by atoms with Crippen LogP contribution in [0.1, 0.15) is 113 Å². The van der Waals surface area contributed by atoms with Gasteiger partial charge in [-0.2, -0.15) is 0 Å². The van der Waals surface area contributed by atoms with E-state index >= 15 is 0 Å². The Morgan fingerprint density at radius 2 is 1.38 bits per heavy atom. The van der Waals surface area contributed by atoms with Crippen LogP contribution >= 0.6 is 0 Å². The fourth-order valence-corrected chi connectivity index (χ4v) is 7.87. The lowest BCUT2D eigenvalue weighted by atomic mass is 9.77. The minimum atomic E-state index is -1.11. The molecule has 3 aromatic rings. The molecule has 1 fully saturated rings. The molecule has 0 radical (unpaired) electrons. The molecule has 1 aliphatic rings. The molecule has 1 aliphatic carbocycles. The lowest BCUT2D eigenvalue weighted by molar-refractivity contribution is -0.141.